The lowest BCUT2D eigenvalue weighted by Gasteiger charge is -2.11. The van der Waals surface area contributed by atoms with E-state index in [1.807, 2.05) is 0 Å². The zero-order valence-electron chi connectivity index (χ0n) is 10.3. The van der Waals surface area contributed by atoms with Crippen molar-refractivity contribution in [2.75, 3.05) is 20.0 Å². The van der Waals surface area contributed by atoms with Crippen molar-refractivity contribution in [1.29, 1.82) is 0 Å². The molecule has 5 nitrogen and oxygen atoms in total. The number of nitrogen functional groups attached to an aromatic ring is 1. The number of benzene rings is 1. The number of methoxy groups -OCH3 is 2. The van der Waals surface area contributed by atoms with Crippen LogP contribution in [0.5, 0.6) is 11.5 Å². The lowest BCUT2D eigenvalue weighted by Crippen LogP contribution is -2.00. The van der Waals surface area contributed by atoms with E-state index < -0.39 is 5.95 Å². The molecule has 1 aromatic carbocycles. The second kappa shape index (κ2) is 5.27. The van der Waals surface area contributed by atoms with E-state index in [0.717, 1.165) is 6.20 Å². The normalized spacial score (nSPS) is 10.3. The van der Waals surface area contributed by atoms with Gasteiger partial charge in [0.15, 0.2) is 11.5 Å². The van der Waals surface area contributed by atoms with Gasteiger partial charge < -0.3 is 15.2 Å². The number of hydrogen-bond acceptors (Lipinski definition) is 5. The van der Waals surface area contributed by atoms with Crippen LogP contribution in [0, 0.1) is 5.95 Å². The van der Waals surface area contributed by atoms with Crippen LogP contribution in [0.4, 0.5) is 10.2 Å². The molecule has 0 saturated heterocycles. The predicted molar refractivity (Wildman–Crippen MR) is 70.0 cm³/mol. The average Bonchev–Trinajstić information content (AvgIpc) is 2.41. The Labute approximate surface area is 114 Å². The lowest BCUT2D eigenvalue weighted by molar-refractivity contribution is 0.355. The first-order chi connectivity index (χ1) is 9.06. The highest BCUT2D eigenvalue weighted by Gasteiger charge is 2.16. The van der Waals surface area contributed by atoms with Crippen molar-refractivity contribution in [3.05, 3.63) is 29.3 Å². The van der Waals surface area contributed by atoms with Crippen LogP contribution >= 0.6 is 11.6 Å². The van der Waals surface area contributed by atoms with Gasteiger partial charge in [-0.05, 0) is 6.07 Å². The van der Waals surface area contributed by atoms with E-state index >= 15 is 0 Å². The first-order valence-electron chi connectivity index (χ1n) is 5.26. The number of aromatic nitrogens is 2. The van der Waals surface area contributed by atoms with Crippen molar-refractivity contribution in [3.8, 4) is 22.8 Å². The van der Waals surface area contributed by atoms with Gasteiger partial charge in [-0.2, -0.15) is 4.39 Å². The molecule has 0 atom stereocenters. The van der Waals surface area contributed by atoms with Crippen LogP contribution in [0.1, 0.15) is 0 Å². The molecular weight excluding hydrogens is 273 g/mol. The molecule has 2 rings (SSSR count). The highest BCUT2D eigenvalue weighted by atomic mass is 35.5. The largest absolute Gasteiger partial charge is 0.493 e. The van der Waals surface area contributed by atoms with E-state index in [9.17, 15) is 4.39 Å². The Morgan fingerprint density at radius 3 is 2.47 bits per heavy atom. The third-order valence-corrected chi connectivity index (χ3v) is 2.79. The first-order valence-corrected chi connectivity index (χ1v) is 5.64. The summed E-state index contributed by atoms with van der Waals surface area (Å²) in [6.45, 7) is 0. The fourth-order valence-electron chi connectivity index (χ4n) is 1.60. The van der Waals surface area contributed by atoms with Crippen molar-refractivity contribution in [2.45, 2.75) is 0 Å². The smallest absolute Gasteiger partial charge is 0.239 e. The van der Waals surface area contributed by atoms with Gasteiger partial charge >= 0.3 is 0 Å². The van der Waals surface area contributed by atoms with Gasteiger partial charge in [0.05, 0.1) is 25.4 Å². The van der Waals surface area contributed by atoms with Crippen molar-refractivity contribution in [2.24, 2.45) is 0 Å². The Bertz CT molecular complexity index is 622. The number of halogens is 2. The summed E-state index contributed by atoms with van der Waals surface area (Å²) >= 11 is 6.09. The van der Waals surface area contributed by atoms with E-state index in [-0.39, 0.29) is 16.5 Å². The Morgan fingerprint density at radius 1 is 1.21 bits per heavy atom. The topological polar surface area (TPSA) is 70.3 Å². The van der Waals surface area contributed by atoms with Gasteiger partial charge in [0.1, 0.15) is 11.5 Å². The second-order valence-corrected chi connectivity index (χ2v) is 4.03. The summed E-state index contributed by atoms with van der Waals surface area (Å²) in [6.07, 6.45) is 1.13. The highest BCUT2D eigenvalue weighted by Crippen LogP contribution is 2.38. The fourth-order valence-corrected chi connectivity index (χ4v) is 1.84. The van der Waals surface area contributed by atoms with E-state index in [4.69, 9.17) is 26.8 Å². The Balaban J connectivity index is 2.65. The molecule has 0 saturated carbocycles. The monoisotopic (exact) mass is 283 g/mol. The maximum Gasteiger partial charge on any atom is 0.239 e. The maximum absolute atomic E-state index is 13.7. The van der Waals surface area contributed by atoms with E-state index in [1.165, 1.54) is 26.4 Å². The molecule has 1 heterocycles. The molecule has 2 N–H and O–H groups in total. The number of nitrogens with zero attached hydrogens (tertiary/aromatic N) is 2. The number of rotatable bonds is 3. The summed E-state index contributed by atoms with van der Waals surface area (Å²) < 4.78 is 23.9. The van der Waals surface area contributed by atoms with Gasteiger partial charge in [0.2, 0.25) is 5.95 Å². The highest BCUT2D eigenvalue weighted by molar-refractivity contribution is 6.33. The van der Waals surface area contributed by atoms with Gasteiger partial charge in [-0.15, -0.1) is 0 Å². The van der Waals surface area contributed by atoms with E-state index in [0.29, 0.717) is 17.1 Å². The molecule has 2 aromatic rings. The minimum Gasteiger partial charge on any atom is -0.493 e. The minimum absolute atomic E-state index is 0.0362. The molecule has 0 bridgehead atoms. The molecule has 0 fully saturated rings. The summed E-state index contributed by atoms with van der Waals surface area (Å²) in [5.74, 6) is 0.185. The number of nitrogens with two attached hydrogens (primary N) is 1. The molecule has 0 spiro atoms. The molecule has 0 aliphatic rings. The third-order valence-electron chi connectivity index (χ3n) is 2.47. The minimum atomic E-state index is -0.761. The molecule has 1 aromatic heterocycles. The molecule has 0 radical (unpaired) electrons. The number of anilines is 1. The second-order valence-electron chi connectivity index (χ2n) is 3.62. The van der Waals surface area contributed by atoms with Crippen molar-refractivity contribution in [3.63, 3.8) is 0 Å². The summed E-state index contributed by atoms with van der Waals surface area (Å²) in [5.41, 5.74) is 5.80. The van der Waals surface area contributed by atoms with Crippen molar-refractivity contribution in [1.82, 2.24) is 9.97 Å². The van der Waals surface area contributed by atoms with Crippen molar-refractivity contribution >= 4 is 17.4 Å². The van der Waals surface area contributed by atoms with Crippen LogP contribution in [-0.4, -0.2) is 24.2 Å². The molecule has 7 heteroatoms. The Kier molecular flexibility index (Phi) is 3.71. The summed E-state index contributed by atoms with van der Waals surface area (Å²) in [4.78, 5) is 7.40. The molecule has 0 aliphatic heterocycles. The van der Waals surface area contributed by atoms with Crippen LogP contribution < -0.4 is 15.2 Å². The Morgan fingerprint density at radius 2 is 1.84 bits per heavy atom. The average molecular weight is 284 g/mol. The molecular formula is C12H11ClFN3O2. The molecule has 0 aliphatic carbocycles. The maximum atomic E-state index is 13.7. The van der Waals surface area contributed by atoms with Crippen molar-refractivity contribution < 1.29 is 13.9 Å². The van der Waals surface area contributed by atoms with Gasteiger partial charge in [0, 0.05) is 11.6 Å². The van der Waals surface area contributed by atoms with Crippen LogP contribution in [0.3, 0.4) is 0 Å². The lowest BCUT2D eigenvalue weighted by atomic mass is 10.1. The zero-order chi connectivity index (χ0) is 14.0. The number of hydrogen-bond donors (Lipinski definition) is 1. The fraction of sp³-hybridized carbons (Fsp3) is 0.167. The standard InChI is InChI=1S/C12H11ClFN3O2/c1-18-8-3-6(7(13)4-9(8)19-2)11-12(14)16-5-10(15)17-11/h3-5H,1-2H3,(H2,15,17). The molecule has 19 heavy (non-hydrogen) atoms. The molecule has 0 unspecified atom stereocenters. The number of ether oxygens (including phenoxy) is 2. The van der Waals surface area contributed by atoms with Gasteiger partial charge in [0.25, 0.3) is 0 Å². The van der Waals surface area contributed by atoms with Gasteiger partial charge in [-0.25, -0.2) is 9.97 Å². The summed E-state index contributed by atoms with van der Waals surface area (Å²) in [6, 6.07) is 3.04. The zero-order valence-corrected chi connectivity index (χ0v) is 11.0. The van der Waals surface area contributed by atoms with E-state index in [2.05, 4.69) is 9.97 Å². The van der Waals surface area contributed by atoms with Crippen LogP contribution in [0.2, 0.25) is 5.02 Å². The summed E-state index contributed by atoms with van der Waals surface area (Å²) in [7, 11) is 2.95. The first kappa shape index (κ1) is 13.4. The van der Waals surface area contributed by atoms with Gasteiger partial charge in [-0.1, -0.05) is 11.6 Å². The SMILES string of the molecule is COc1cc(Cl)c(-c2nc(N)cnc2F)cc1OC. The quantitative estimate of drug-likeness (QED) is 0.937. The van der Waals surface area contributed by atoms with Crippen LogP contribution in [0.15, 0.2) is 18.3 Å². The molecule has 100 valence electrons. The van der Waals surface area contributed by atoms with E-state index in [1.54, 1.807) is 0 Å². The van der Waals surface area contributed by atoms with Gasteiger partial charge in [-0.3, -0.25) is 0 Å². The summed E-state index contributed by atoms with van der Waals surface area (Å²) in [5, 5.41) is 0.261. The Hall–Kier alpha value is -2.08. The third kappa shape index (κ3) is 2.53. The van der Waals surface area contributed by atoms with Crippen LogP contribution in [-0.2, 0) is 0 Å². The predicted octanol–water partition coefficient (Wildman–Crippen LogP) is 2.54. The molecule has 0 amide bonds. The van der Waals surface area contributed by atoms with Crippen LogP contribution in [0.25, 0.3) is 11.3 Å².